The molecule has 0 aromatic heterocycles. The van der Waals surface area contributed by atoms with Crippen LogP contribution >= 0.6 is 15.9 Å². The minimum absolute atomic E-state index is 0.212. The number of ether oxygens (including phenoxy) is 1. The quantitative estimate of drug-likeness (QED) is 0.605. The molecule has 0 unspecified atom stereocenters. The molecule has 6 heteroatoms. The third-order valence-corrected chi connectivity index (χ3v) is 4.35. The second kappa shape index (κ2) is 7.97. The number of para-hydroxylation sites is 1. The predicted molar refractivity (Wildman–Crippen MR) is 96.6 cm³/mol. The molecule has 3 N–H and O–H groups in total. The number of nitrogen functional groups attached to an aromatic ring is 1. The number of halogens is 1. The number of nitrogens with one attached hydrogen (secondary N) is 1. The summed E-state index contributed by atoms with van der Waals surface area (Å²) in [6.07, 6.45) is 0. The van der Waals surface area contributed by atoms with Crippen molar-refractivity contribution in [3.63, 3.8) is 0 Å². The monoisotopic (exact) mass is 390 g/mol. The van der Waals surface area contributed by atoms with Gasteiger partial charge in [-0.25, -0.2) is 4.79 Å². The number of anilines is 1. The van der Waals surface area contributed by atoms with E-state index in [9.17, 15) is 9.59 Å². The van der Waals surface area contributed by atoms with Gasteiger partial charge in [-0.1, -0.05) is 46.3 Å². The van der Waals surface area contributed by atoms with Crippen LogP contribution in [-0.4, -0.2) is 18.5 Å². The number of carbonyl (C=O) groups is 2. The first-order chi connectivity index (χ1) is 11.4. The number of nitrogens with two attached hydrogens (primary N) is 1. The summed E-state index contributed by atoms with van der Waals surface area (Å²) in [5.41, 5.74) is 8.22. The summed E-state index contributed by atoms with van der Waals surface area (Å²) >= 11 is 3.44. The minimum atomic E-state index is -0.611. The zero-order valence-electron chi connectivity index (χ0n) is 13.5. The van der Waals surface area contributed by atoms with Gasteiger partial charge in [-0.3, -0.25) is 4.79 Å². The Bertz CT molecular complexity index is 762. The van der Waals surface area contributed by atoms with Crippen molar-refractivity contribution >= 4 is 33.5 Å². The molecule has 0 saturated heterocycles. The van der Waals surface area contributed by atoms with Gasteiger partial charge in [-0.05, 0) is 37.1 Å². The lowest BCUT2D eigenvalue weighted by Crippen LogP contribution is -2.31. The van der Waals surface area contributed by atoms with Crippen molar-refractivity contribution in [3.05, 3.63) is 63.6 Å². The molecule has 0 radical (unpaired) electrons. The van der Waals surface area contributed by atoms with Gasteiger partial charge in [0.05, 0.1) is 11.6 Å². The summed E-state index contributed by atoms with van der Waals surface area (Å²) < 4.78 is 5.95. The molecule has 24 heavy (non-hydrogen) atoms. The number of hydrogen-bond acceptors (Lipinski definition) is 4. The number of hydrogen-bond donors (Lipinski definition) is 2. The first-order valence-electron chi connectivity index (χ1n) is 7.46. The summed E-state index contributed by atoms with van der Waals surface area (Å²) in [4.78, 5) is 24.0. The normalized spacial score (nSPS) is 11.6. The van der Waals surface area contributed by atoms with Gasteiger partial charge in [-0.15, -0.1) is 0 Å². The smallest absolute Gasteiger partial charge is 0.340 e. The Morgan fingerprint density at radius 1 is 1.21 bits per heavy atom. The van der Waals surface area contributed by atoms with E-state index in [2.05, 4.69) is 21.2 Å². The van der Waals surface area contributed by atoms with Crippen molar-refractivity contribution in [1.82, 2.24) is 5.32 Å². The van der Waals surface area contributed by atoms with Crippen LogP contribution in [0.15, 0.2) is 46.9 Å². The molecule has 2 aromatic rings. The first kappa shape index (κ1) is 18.0. The molecular weight excluding hydrogens is 372 g/mol. The molecule has 1 atom stereocenters. The number of aryl methyl sites for hydroxylation is 1. The topological polar surface area (TPSA) is 81.4 Å². The minimum Gasteiger partial charge on any atom is -0.452 e. The standard InChI is InChI=1S/C18H19BrN2O3/c1-11-6-5-8-14(17(11)20)18(23)24-10-16(22)21-12(2)13-7-3-4-9-15(13)19/h3-9,12H,10,20H2,1-2H3,(H,21,22)/t12-/m0/s1. The molecular formula is C18H19BrN2O3. The Labute approximate surface area is 149 Å². The molecule has 2 aromatic carbocycles. The zero-order valence-corrected chi connectivity index (χ0v) is 15.1. The van der Waals surface area contributed by atoms with Crippen LogP contribution in [0.2, 0.25) is 0 Å². The van der Waals surface area contributed by atoms with Crippen LogP contribution in [0.3, 0.4) is 0 Å². The van der Waals surface area contributed by atoms with E-state index < -0.39 is 5.97 Å². The number of carbonyl (C=O) groups excluding carboxylic acids is 2. The van der Waals surface area contributed by atoms with Crippen LogP contribution < -0.4 is 11.1 Å². The van der Waals surface area contributed by atoms with Gasteiger partial charge in [0.2, 0.25) is 0 Å². The summed E-state index contributed by atoms with van der Waals surface area (Å²) in [5, 5.41) is 2.79. The zero-order chi connectivity index (χ0) is 17.7. The second-order valence-corrected chi connectivity index (χ2v) is 6.28. The van der Waals surface area contributed by atoms with E-state index in [0.717, 1.165) is 15.6 Å². The van der Waals surface area contributed by atoms with E-state index in [4.69, 9.17) is 10.5 Å². The molecule has 0 aliphatic heterocycles. The van der Waals surface area contributed by atoms with Gasteiger partial charge >= 0.3 is 5.97 Å². The van der Waals surface area contributed by atoms with Gasteiger partial charge < -0.3 is 15.8 Å². The molecule has 126 valence electrons. The van der Waals surface area contributed by atoms with E-state index in [0.29, 0.717) is 5.69 Å². The number of amides is 1. The third kappa shape index (κ3) is 4.35. The van der Waals surface area contributed by atoms with Crippen LogP contribution in [0.1, 0.15) is 34.5 Å². The fourth-order valence-corrected chi connectivity index (χ4v) is 2.88. The number of benzene rings is 2. The first-order valence-corrected chi connectivity index (χ1v) is 8.25. The average Bonchev–Trinajstić information content (AvgIpc) is 2.55. The summed E-state index contributed by atoms with van der Waals surface area (Å²) in [6, 6.07) is 12.5. The van der Waals surface area contributed by atoms with E-state index in [1.54, 1.807) is 25.1 Å². The largest absolute Gasteiger partial charge is 0.452 e. The van der Waals surface area contributed by atoms with E-state index in [-0.39, 0.29) is 24.1 Å². The van der Waals surface area contributed by atoms with E-state index in [1.807, 2.05) is 31.2 Å². The Morgan fingerprint density at radius 3 is 2.62 bits per heavy atom. The maximum absolute atomic E-state index is 12.0. The van der Waals surface area contributed by atoms with Gasteiger partial charge in [-0.2, -0.15) is 0 Å². The Kier molecular flexibility index (Phi) is 5.98. The molecule has 0 fully saturated rings. The van der Waals surface area contributed by atoms with Crippen LogP contribution in [0, 0.1) is 6.92 Å². The van der Waals surface area contributed by atoms with Crippen molar-refractivity contribution in [2.75, 3.05) is 12.3 Å². The number of esters is 1. The predicted octanol–water partition coefficient (Wildman–Crippen LogP) is 3.37. The van der Waals surface area contributed by atoms with Crippen molar-refractivity contribution in [2.24, 2.45) is 0 Å². The van der Waals surface area contributed by atoms with Crippen molar-refractivity contribution in [2.45, 2.75) is 19.9 Å². The van der Waals surface area contributed by atoms with Gasteiger partial charge in [0, 0.05) is 10.2 Å². The molecule has 5 nitrogen and oxygen atoms in total. The maximum Gasteiger partial charge on any atom is 0.340 e. The highest BCUT2D eigenvalue weighted by Crippen LogP contribution is 2.22. The average molecular weight is 391 g/mol. The highest BCUT2D eigenvalue weighted by atomic mass is 79.9. The van der Waals surface area contributed by atoms with E-state index >= 15 is 0 Å². The van der Waals surface area contributed by atoms with Crippen molar-refractivity contribution in [1.29, 1.82) is 0 Å². The molecule has 0 heterocycles. The van der Waals surface area contributed by atoms with E-state index in [1.165, 1.54) is 0 Å². The third-order valence-electron chi connectivity index (χ3n) is 3.63. The van der Waals surface area contributed by atoms with Crippen molar-refractivity contribution < 1.29 is 14.3 Å². The molecule has 0 bridgehead atoms. The summed E-state index contributed by atoms with van der Waals surface area (Å²) in [7, 11) is 0. The Morgan fingerprint density at radius 2 is 1.92 bits per heavy atom. The van der Waals surface area contributed by atoms with Gasteiger partial charge in [0.15, 0.2) is 6.61 Å². The van der Waals surface area contributed by atoms with Crippen LogP contribution in [-0.2, 0) is 9.53 Å². The van der Waals surface area contributed by atoms with Gasteiger partial charge in [0.1, 0.15) is 0 Å². The molecule has 0 aliphatic carbocycles. The van der Waals surface area contributed by atoms with Crippen LogP contribution in [0.4, 0.5) is 5.69 Å². The number of rotatable bonds is 5. The lowest BCUT2D eigenvalue weighted by Gasteiger charge is -2.16. The maximum atomic E-state index is 12.0. The Hall–Kier alpha value is -2.34. The highest BCUT2D eigenvalue weighted by molar-refractivity contribution is 9.10. The fraction of sp³-hybridized carbons (Fsp3) is 0.222. The second-order valence-electron chi connectivity index (χ2n) is 5.42. The molecule has 2 rings (SSSR count). The fourth-order valence-electron chi connectivity index (χ4n) is 2.25. The van der Waals surface area contributed by atoms with Gasteiger partial charge in [0.25, 0.3) is 5.91 Å². The highest BCUT2D eigenvalue weighted by Gasteiger charge is 2.16. The summed E-state index contributed by atoms with van der Waals surface area (Å²) in [5.74, 6) is -0.988. The van der Waals surface area contributed by atoms with Crippen molar-refractivity contribution in [3.8, 4) is 0 Å². The lowest BCUT2D eigenvalue weighted by molar-refractivity contribution is -0.124. The summed E-state index contributed by atoms with van der Waals surface area (Å²) in [6.45, 7) is 3.30. The van der Waals surface area contributed by atoms with Crippen LogP contribution in [0.5, 0.6) is 0 Å². The molecule has 0 spiro atoms. The lowest BCUT2D eigenvalue weighted by atomic mass is 10.1. The molecule has 0 saturated carbocycles. The Balaban J connectivity index is 1.92. The molecule has 1 amide bonds. The molecule has 0 aliphatic rings. The SMILES string of the molecule is Cc1cccc(C(=O)OCC(=O)N[C@@H](C)c2ccccc2Br)c1N. The van der Waals surface area contributed by atoms with Crippen LogP contribution in [0.25, 0.3) is 0 Å².